The van der Waals surface area contributed by atoms with Gasteiger partial charge in [-0.25, -0.2) is 4.98 Å². The van der Waals surface area contributed by atoms with Gasteiger partial charge in [0.25, 0.3) is 5.56 Å². The number of benzene rings is 2. The molecule has 0 fully saturated rings. The van der Waals surface area contributed by atoms with Crippen molar-refractivity contribution in [2.75, 3.05) is 6.61 Å². The minimum Gasteiger partial charge on any atom is -0.457 e. The number of carbonyl (C=O) groups is 2. The minimum atomic E-state index is -0.519. The third kappa shape index (κ3) is 5.31. The highest BCUT2D eigenvalue weighted by atomic mass is 16.5. The Labute approximate surface area is 188 Å². The topological polar surface area (TPSA) is 78.3 Å². The summed E-state index contributed by atoms with van der Waals surface area (Å²) in [6.07, 6.45) is 2.02. The van der Waals surface area contributed by atoms with Crippen molar-refractivity contribution in [3.63, 3.8) is 0 Å². The second kappa shape index (κ2) is 10.4. The molecule has 1 aromatic heterocycles. The first-order valence-electron chi connectivity index (χ1n) is 11.1. The highest BCUT2D eigenvalue weighted by Gasteiger charge is 2.16. The molecule has 0 saturated carbocycles. The lowest BCUT2D eigenvalue weighted by atomic mass is 9.98. The van der Waals surface area contributed by atoms with Crippen LogP contribution < -0.4 is 5.56 Å². The van der Waals surface area contributed by atoms with Crippen molar-refractivity contribution in [1.29, 1.82) is 0 Å². The molecule has 6 heteroatoms. The van der Waals surface area contributed by atoms with Gasteiger partial charge >= 0.3 is 5.97 Å². The largest absolute Gasteiger partial charge is 0.457 e. The van der Waals surface area contributed by atoms with Gasteiger partial charge in [-0.15, -0.1) is 0 Å². The van der Waals surface area contributed by atoms with Gasteiger partial charge in [0.2, 0.25) is 5.78 Å². The lowest BCUT2D eigenvalue weighted by Gasteiger charge is -2.12. The number of para-hydroxylation sites is 2. The molecule has 0 N–H and O–H groups in total. The number of fused-ring (bicyclic) bond motifs is 1. The predicted molar refractivity (Wildman–Crippen MR) is 125 cm³/mol. The standard InChI is InChI=1S/C26H30N2O4/c1-5-6-13-28-23-10-8-7-9-21(23)27-22(26(28)31)11-12-25(30)32-16-24(29)20-15-18(3)17(2)14-19(20)4/h7-10,14-15H,5-6,11-13,16H2,1-4H3. The number of hydrogen-bond acceptors (Lipinski definition) is 5. The summed E-state index contributed by atoms with van der Waals surface area (Å²) in [6, 6.07) is 11.3. The second-order valence-corrected chi connectivity index (χ2v) is 8.19. The van der Waals surface area contributed by atoms with Gasteiger partial charge < -0.3 is 9.30 Å². The Hall–Kier alpha value is -3.28. The molecule has 0 aliphatic carbocycles. The van der Waals surface area contributed by atoms with Gasteiger partial charge in [-0.1, -0.05) is 31.5 Å². The first-order chi connectivity index (χ1) is 15.3. The highest BCUT2D eigenvalue weighted by molar-refractivity contribution is 5.99. The second-order valence-electron chi connectivity index (χ2n) is 8.19. The number of carbonyl (C=O) groups excluding carboxylic acids is 2. The number of hydrogen-bond donors (Lipinski definition) is 0. The summed E-state index contributed by atoms with van der Waals surface area (Å²) >= 11 is 0. The smallest absolute Gasteiger partial charge is 0.306 e. The number of aryl methyl sites for hydroxylation is 5. The zero-order chi connectivity index (χ0) is 23.3. The normalized spacial score (nSPS) is 11.0. The first kappa shape index (κ1) is 23.4. The lowest BCUT2D eigenvalue weighted by Crippen LogP contribution is -2.26. The lowest BCUT2D eigenvalue weighted by molar-refractivity contribution is -0.142. The third-order valence-corrected chi connectivity index (χ3v) is 5.73. The zero-order valence-electron chi connectivity index (χ0n) is 19.2. The Morgan fingerprint density at radius 1 is 1.03 bits per heavy atom. The molecule has 6 nitrogen and oxygen atoms in total. The van der Waals surface area contributed by atoms with E-state index in [1.54, 1.807) is 4.57 Å². The summed E-state index contributed by atoms with van der Waals surface area (Å²) in [7, 11) is 0. The van der Waals surface area contributed by atoms with E-state index >= 15 is 0 Å². The number of esters is 1. The fraction of sp³-hybridized carbons (Fsp3) is 0.385. The molecule has 168 valence electrons. The van der Waals surface area contributed by atoms with Crippen LogP contribution in [0.1, 0.15) is 58.9 Å². The zero-order valence-corrected chi connectivity index (χ0v) is 19.2. The van der Waals surface area contributed by atoms with Gasteiger partial charge in [0, 0.05) is 18.5 Å². The van der Waals surface area contributed by atoms with E-state index in [0.29, 0.717) is 17.8 Å². The number of aromatic nitrogens is 2. The van der Waals surface area contributed by atoms with Gasteiger partial charge in [0.15, 0.2) is 6.61 Å². The predicted octanol–water partition coefficient (Wildman–Crippen LogP) is 4.48. The molecule has 0 unspecified atom stereocenters. The maximum atomic E-state index is 12.9. The Balaban J connectivity index is 1.67. The number of nitrogens with zero attached hydrogens (tertiary/aromatic N) is 2. The fourth-order valence-corrected chi connectivity index (χ4v) is 3.72. The number of ether oxygens (including phenoxy) is 1. The summed E-state index contributed by atoms with van der Waals surface area (Å²) in [4.78, 5) is 42.2. The van der Waals surface area contributed by atoms with Crippen LogP contribution in [0, 0.1) is 20.8 Å². The van der Waals surface area contributed by atoms with E-state index < -0.39 is 5.97 Å². The molecule has 0 amide bonds. The summed E-state index contributed by atoms with van der Waals surface area (Å²) in [5.74, 6) is -0.751. The van der Waals surface area contributed by atoms with E-state index in [-0.39, 0.29) is 30.8 Å². The van der Waals surface area contributed by atoms with Crippen LogP contribution in [0.3, 0.4) is 0 Å². The maximum Gasteiger partial charge on any atom is 0.306 e. The molecule has 0 atom stereocenters. The van der Waals surface area contributed by atoms with Gasteiger partial charge in [-0.3, -0.25) is 14.4 Å². The molecule has 3 aromatic rings. The van der Waals surface area contributed by atoms with E-state index in [9.17, 15) is 14.4 Å². The van der Waals surface area contributed by atoms with Crippen molar-refractivity contribution >= 4 is 22.8 Å². The molecular weight excluding hydrogens is 404 g/mol. The molecule has 2 aromatic carbocycles. The van der Waals surface area contributed by atoms with Crippen LogP contribution in [0.5, 0.6) is 0 Å². The van der Waals surface area contributed by atoms with Crippen LogP contribution in [0.15, 0.2) is 41.2 Å². The Morgan fingerprint density at radius 3 is 2.50 bits per heavy atom. The molecule has 0 bridgehead atoms. The number of Topliss-reactive ketones (excluding diaryl/α,β-unsaturated/α-hetero) is 1. The third-order valence-electron chi connectivity index (χ3n) is 5.73. The van der Waals surface area contributed by atoms with E-state index in [4.69, 9.17) is 4.74 Å². The molecule has 0 aliphatic rings. The summed E-state index contributed by atoms with van der Waals surface area (Å²) < 4.78 is 6.94. The van der Waals surface area contributed by atoms with Crippen LogP contribution in [0.2, 0.25) is 0 Å². The maximum absolute atomic E-state index is 12.9. The summed E-state index contributed by atoms with van der Waals surface area (Å²) in [6.45, 7) is 8.19. The van der Waals surface area contributed by atoms with Crippen molar-refractivity contribution < 1.29 is 14.3 Å². The molecule has 0 aliphatic heterocycles. The molecule has 0 spiro atoms. The van der Waals surface area contributed by atoms with Crippen LogP contribution in [0.25, 0.3) is 11.0 Å². The van der Waals surface area contributed by atoms with E-state index in [1.165, 1.54) is 0 Å². The van der Waals surface area contributed by atoms with Crippen molar-refractivity contribution in [3.8, 4) is 0 Å². The minimum absolute atomic E-state index is 0.00640. The van der Waals surface area contributed by atoms with Crippen molar-refractivity contribution in [1.82, 2.24) is 9.55 Å². The molecule has 3 rings (SSSR count). The molecule has 1 heterocycles. The monoisotopic (exact) mass is 434 g/mol. The van der Waals surface area contributed by atoms with Gasteiger partial charge in [-0.2, -0.15) is 0 Å². The van der Waals surface area contributed by atoms with Crippen LogP contribution in [-0.2, 0) is 22.5 Å². The highest BCUT2D eigenvalue weighted by Crippen LogP contribution is 2.16. The van der Waals surface area contributed by atoms with Crippen LogP contribution >= 0.6 is 0 Å². The average molecular weight is 435 g/mol. The number of rotatable bonds is 9. The number of ketones is 1. The van der Waals surface area contributed by atoms with E-state index in [2.05, 4.69) is 11.9 Å². The molecule has 0 radical (unpaired) electrons. The SMILES string of the molecule is CCCCn1c(=O)c(CCC(=O)OCC(=O)c2cc(C)c(C)cc2C)nc2ccccc21. The fourth-order valence-electron chi connectivity index (χ4n) is 3.72. The average Bonchev–Trinajstić information content (AvgIpc) is 2.78. The summed E-state index contributed by atoms with van der Waals surface area (Å²) in [5.41, 5.74) is 5.26. The Kier molecular flexibility index (Phi) is 7.57. The quantitative estimate of drug-likeness (QED) is 0.366. The Morgan fingerprint density at radius 2 is 1.75 bits per heavy atom. The van der Waals surface area contributed by atoms with Gasteiger partial charge in [0.05, 0.1) is 17.5 Å². The van der Waals surface area contributed by atoms with Gasteiger partial charge in [-0.05, 0) is 62.1 Å². The molecule has 0 saturated heterocycles. The first-order valence-corrected chi connectivity index (χ1v) is 11.1. The Bertz CT molecular complexity index is 1210. The van der Waals surface area contributed by atoms with Gasteiger partial charge in [0.1, 0.15) is 5.69 Å². The summed E-state index contributed by atoms with van der Waals surface area (Å²) in [5, 5.41) is 0. The molecular formula is C26H30N2O4. The van der Waals surface area contributed by atoms with E-state index in [1.807, 2.05) is 57.2 Å². The van der Waals surface area contributed by atoms with Crippen molar-refractivity contribution in [2.45, 2.75) is 59.9 Å². The van der Waals surface area contributed by atoms with Crippen LogP contribution in [-0.4, -0.2) is 27.9 Å². The van der Waals surface area contributed by atoms with Crippen LogP contribution in [0.4, 0.5) is 0 Å². The van der Waals surface area contributed by atoms with Crippen molar-refractivity contribution in [3.05, 3.63) is 74.7 Å². The van der Waals surface area contributed by atoms with Crippen molar-refractivity contribution in [2.24, 2.45) is 0 Å². The molecule has 32 heavy (non-hydrogen) atoms. The van der Waals surface area contributed by atoms with E-state index in [0.717, 1.165) is 40.6 Å². The number of unbranched alkanes of at least 4 members (excludes halogenated alkanes) is 1.